The summed E-state index contributed by atoms with van der Waals surface area (Å²) < 4.78 is 0. The lowest BCUT2D eigenvalue weighted by molar-refractivity contribution is -0.137. The van der Waals surface area contributed by atoms with Gasteiger partial charge in [0.15, 0.2) is 0 Å². The predicted octanol–water partition coefficient (Wildman–Crippen LogP) is 3.00. The Labute approximate surface area is 126 Å². The molecule has 4 heteroatoms. The number of hydrogen-bond acceptors (Lipinski definition) is 2. The Bertz CT molecular complexity index is 521. The van der Waals surface area contributed by atoms with Crippen molar-refractivity contribution < 1.29 is 14.7 Å². The van der Waals surface area contributed by atoms with Crippen LogP contribution in [0, 0.1) is 13.8 Å². The highest BCUT2D eigenvalue weighted by Gasteiger charge is 2.21. The number of amides is 1. The Balaban J connectivity index is 2.48. The van der Waals surface area contributed by atoms with Gasteiger partial charge in [-0.1, -0.05) is 23.8 Å². The van der Waals surface area contributed by atoms with E-state index in [1.807, 2.05) is 13.8 Å². The molecule has 1 aromatic rings. The Morgan fingerprint density at radius 1 is 1.19 bits per heavy atom. The Morgan fingerprint density at radius 2 is 1.86 bits per heavy atom. The van der Waals surface area contributed by atoms with Crippen LogP contribution in [0.3, 0.4) is 0 Å². The molecular weight excluding hydrogens is 266 g/mol. The lowest BCUT2D eigenvalue weighted by atomic mass is 9.97. The lowest BCUT2D eigenvalue weighted by Gasteiger charge is -2.25. The van der Waals surface area contributed by atoms with Crippen LogP contribution in [0.25, 0.3) is 0 Å². The van der Waals surface area contributed by atoms with E-state index in [1.54, 1.807) is 0 Å². The smallest absolute Gasteiger partial charge is 0.303 e. The van der Waals surface area contributed by atoms with Gasteiger partial charge in [-0.25, -0.2) is 0 Å². The van der Waals surface area contributed by atoms with Gasteiger partial charge in [0.1, 0.15) is 0 Å². The van der Waals surface area contributed by atoms with Crippen molar-refractivity contribution in [1.29, 1.82) is 0 Å². The van der Waals surface area contributed by atoms with Gasteiger partial charge in [0.2, 0.25) is 5.91 Å². The van der Waals surface area contributed by atoms with Crippen LogP contribution in [0.4, 0.5) is 0 Å². The number of carbonyl (C=O) groups is 2. The predicted molar refractivity (Wildman–Crippen MR) is 83.3 cm³/mol. The minimum atomic E-state index is -0.840. The van der Waals surface area contributed by atoms with Gasteiger partial charge >= 0.3 is 5.97 Å². The van der Waals surface area contributed by atoms with E-state index in [2.05, 4.69) is 37.4 Å². The molecule has 0 unspecified atom stereocenters. The zero-order valence-electron chi connectivity index (χ0n) is 13.3. The summed E-state index contributed by atoms with van der Waals surface area (Å²) in [4.78, 5) is 22.6. The fourth-order valence-corrected chi connectivity index (χ4v) is 2.30. The summed E-state index contributed by atoms with van der Waals surface area (Å²) in [6.07, 6.45) is 1.61. The molecule has 1 aromatic carbocycles. The van der Waals surface area contributed by atoms with E-state index in [1.165, 1.54) is 16.7 Å². The monoisotopic (exact) mass is 291 g/mol. The van der Waals surface area contributed by atoms with Crippen molar-refractivity contribution in [2.75, 3.05) is 0 Å². The third-order valence-electron chi connectivity index (χ3n) is 3.56. The molecule has 116 valence electrons. The number of nitrogens with one attached hydrogen (secondary N) is 1. The summed E-state index contributed by atoms with van der Waals surface area (Å²) in [5.74, 6) is -0.877. The van der Waals surface area contributed by atoms with Crippen molar-refractivity contribution in [1.82, 2.24) is 5.32 Å². The van der Waals surface area contributed by atoms with E-state index in [9.17, 15) is 9.59 Å². The molecular formula is C17H25NO3. The first kappa shape index (κ1) is 17.2. The fraction of sp³-hybridized carbons (Fsp3) is 0.529. The van der Waals surface area contributed by atoms with Gasteiger partial charge < -0.3 is 10.4 Å². The topological polar surface area (TPSA) is 66.4 Å². The van der Waals surface area contributed by atoms with E-state index in [4.69, 9.17) is 5.11 Å². The van der Waals surface area contributed by atoms with Crippen molar-refractivity contribution in [3.63, 3.8) is 0 Å². The summed E-state index contributed by atoms with van der Waals surface area (Å²) in [5.41, 5.74) is 3.11. The molecule has 0 aliphatic carbocycles. The van der Waals surface area contributed by atoms with Gasteiger partial charge in [-0.05, 0) is 51.7 Å². The number of hydrogen-bond donors (Lipinski definition) is 2. The molecule has 4 nitrogen and oxygen atoms in total. The van der Waals surface area contributed by atoms with Crippen LogP contribution >= 0.6 is 0 Å². The zero-order valence-corrected chi connectivity index (χ0v) is 13.3. The molecule has 0 saturated carbocycles. The van der Waals surface area contributed by atoms with Gasteiger partial charge in [-0.2, -0.15) is 0 Å². The second-order valence-corrected chi connectivity index (χ2v) is 6.26. The number of aliphatic carboxylic acids is 1. The molecule has 0 heterocycles. The largest absolute Gasteiger partial charge is 0.481 e. The van der Waals surface area contributed by atoms with Crippen molar-refractivity contribution in [2.45, 2.75) is 58.9 Å². The quantitative estimate of drug-likeness (QED) is 0.811. The average molecular weight is 291 g/mol. The number of carboxylic acids is 1. The van der Waals surface area contributed by atoms with Crippen molar-refractivity contribution in [3.8, 4) is 0 Å². The van der Waals surface area contributed by atoms with Gasteiger partial charge in [0.05, 0.1) is 0 Å². The van der Waals surface area contributed by atoms with Crippen LogP contribution in [0.2, 0.25) is 0 Å². The molecule has 2 N–H and O–H groups in total. The molecule has 0 aliphatic heterocycles. The molecule has 0 spiro atoms. The highest BCUT2D eigenvalue weighted by molar-refractivity contribution is 5.77. The number of carboxylic acid groups (broad SMARTS) is 1. The van der Waals surface area contributed by atoms with Crippen LogP contribution in [-0.4, -0.2) is 22.5 Å². The van der Waals surface area contributed by atoms with E-state index in [-0.39, 0.29) is 12.3 Å². The van der Waals surface area contributed by atoms with E-state index < -0.39 is 11.5 Å². The van der Waals surface area contributed by atoms with Gasteiger partial charge in [-0.15, -0.1) is 0 Å². The summed E-state index contributed by atoms with van der Waals surface area (Å²) in [5, 5.41) is 11.6. The van der Waals surface area contributed by atoms with E-state index in [0.29, 0.717) is 19.3 Å². The zero-order chi connectivity index (χ0) is 16.0. The van der Waals surface area contributed by atoms with Crippen LogP contribution in [0.5, 0.6) is 0 Å². The van der Waals surface area contributed by atoms with Gasteiger partial charge in [0.25, 0.3) is 0 Å². The molecule has 21 heavy (non-hydrogen) atoms. The minimum Gasteiger partial charge on any atom is -0.481 e. The summed E-state index contributed by atoms with van der Waals surface area (Å²) >= 11 is 0. The van der Waals surface area contributed by atoms with Gasteiger partial charge in [-0.3, -0.25) is 9.59 Å². The second-order valence-electron chi connectivity index (χ2n) is 6.26. The van der Waals surface area contributed by atoms with Crippen LogP contribution in [0.15, 0.2) is 18.2 Å². The van der Waals surface area contributed by atoms with Crippen LogP contribution < -0.4 is 5.32 Å². The molecule has 0 atom stereocenters. The summed E-state index contributed by atoms with van der Waals surface area (Å²) in [6, 6.07) is 6.23. The van der Waals surface area contributed by atoms with E-state index >= 15 is 0 Å². The first-order valence-electron chi connectivity index (χ1n) is 7.28. The highest BCUT2D eigenvalue weighted by Crippen LogP contribution is 2.14. The minimum absolute atomic E-state index is 0.0367. The maximum atomic E-state index is 12.0. The SMILES string of the molecule is Cc1ccc(CCC(=O)NC(C)(C)CCC(=O)O)c(C)c1. The second kappa shape index (κ2) is 7.25. The molecule has 0 saturated heterocycles. The van der Waals surface area contributed by atoms with Crippen LogP contribution in [-0.2, 0) is 16.0 Å². The average Bonchev–Trinajstić information content (AvgIpc) is 2.35. The Morgan fingerprint density at radius 3 is 2.43 bits per heavy atom. The summed E-state index contributed by atoms with van der Waals surface area (Å²) in [7, 11) is 0. The molecule has 0 bridgehead atoms. The third kappa shape index (κ3) is 6.43. The van der Waals surface area contributed by atoms with Gasteiger partial charge in [0, 0.05) is 18.4 Å². The highest BCUT2D eigenvalue weighted by atomic mass is 16.4. The van der Waals surface area contributed by atoms with Crippen molar-refractivity contribution in [3.05, 3.63) is 34.9 Å². The first-order valence-corrected chi connectivity index (χ1v) is 7.28. The standard InChI is InChI=1S/C17H25NO3/c1-12-5-6-14(13(2)11-12)7-8-15(19)18-17(3,4)10-9-16(20)21/h5-6,11H,7-10H2,1-4H3,(H,18,19)(H,20,21). The Hall–Kier alpha value is -1.84. The third-order valence-corrected chi connectivity index (χ3v) is 3.56. The normalized spacial score (nSPS) is 11.2. The number of benzene rings is 1. The maximum Gasteiger partial charge on any atom is 0.303 e. The van der Waals surface area contributed by atoms with E-state index in [0.717, 1.165) is 0 Å². The maximum absolute atomic E-state index is 12.0. The number of rotatable bonds is 7. The lowest BCUT2D eigenvalue weighted by Crippen LogP contribution is -2.43. The Kier molecular flexibility index (Phi) is 5.94. The molecule has 0 radical (unpaired) electrons. The summed E-state index contributed by atoms with van der Waals surface area (Å²) in [6.45, 7) is 7.81. The number of carbonyl (C=O) groups excluding carboxylic acids is 1. The molecule has 1 rings (SSSR count). The first-order chi connectivity index (χ1) is 9.69. The van der Waals surface area contributed by atoms with Crippen molar-refractivity contribution >= 4 is 11.9 Å². The fourth-order valence-electron chi connectivity index (χ4n) is 2.30. The molecule has 0 aliphatic rings. The van der Waals surface area contributed by atoms with Crippen molar-refractivity contribution in [2.24, 2.45) is 0 Å². The molecule has 0 fully saturated rings. The van der Waals surface area contributed by atoms with Crippen LogP contribution in [0.1, 0.15) is 49.8 Å². The number of aryl methyl sites for hydroxylation is 3. The molecule has 1 amide bonds. The molecule has 0 aromatic heterocycles.